The van der Waals surface area contributed by atoms with E-state index < -0.39 is 0 Å². The number of nitrogens with zero attached hydrogens (tertiary/aromatic N) is 3. The average molecular weight is 257 g/mol. The highest BCUT2D eigenvalue weighted by Gasteiger charge is 2.18. The lowest BCUT2D eigenvalue weighted by atomic mass is 10.1. The summed E-state index contributed by atoms with van der Waals surface area (Å²) in [6.07, 6.45) is 3.78. The smallest absolute Gasteiger partial charge is 0.163 e. The topological polar surface area (TPSA) is 58.4 Å². The van der Waals surface area contributed by atoms with Gasteiger partial charge in [0.05, 0.1) is 12.1 Å². The van der Waals surface area contributed by atoms with Gasteiger partial charge in [-0.05, 0) is 19.1 Å². The van der Waals surface area contributed by atoms with E-state index in [1.54, 1.807) is 18.3 Å². The first kappa shape index (κ1) is 11.8. The largest absolute Gasteiger partial charge is 0.507 e. The maximum Gasteiger partial charge on any atom is 0.163 e. The first-order chi connectivity index (χ1) is 9.15. The summed E-state index contributed by atoms with van der Waals surface area (Å²) >= 11 is 0. The molecular formula is C14H15N3O2. The number of carbonyl (C=O) groups excluding carboxylic acids is 1. The van der Waals surface area contributed by atoms with Crippen LogP contribution in [0.2, 0.25) is 0 Å². The molecule has 1 aliphatic rings. The molecule has 19 heavy (non-hydrogen) atoms. The number of fused-ring (bicyclic) bond motifs is 1. The van der Waals surface area contributed by atoms with E-state index >= 15 is 0 Å². The van der Waals surface area contributed by atoms with Crippen LogP contribution in [0, 0.1) is 0 Å². The second kappa shape index (κ2) is 4.42. The SMILES string of the molecule is CC(=O)c1ccc(N2CCn3ccnc3C2)cc1O. The van der Waals surface area contributed by atoms with Gasteiger partial charge in [0.25, 0.3) is 0 Å². The number of aromatic nitrogens is 2. The lowest BCUT2D eigenvalue weighted by Crippen LogP contribution is -2.33. The molecule has 3 rings (SSSR count). The Morgan fingerprint density at radius 3 is 2.95 bits per heavy atom. The number of phenolic OH excluding ortho intramolecular Hbond substituents is 1. The van der Waals surface area contributed by atoms with Crippen molar-refractivity contribution < 1.29 is 9.90 Å². The van der Waals surface area contributed by atoms with Crippen molar-refractivity contribution in [1.82, 2.24) is 9.55 Å². The molecule has 98 valence electrons. The van der Waals surface area contributed by atoms with E-state index in [2.05, 4.69) is 14.5 Å². The predicted molar refractivity (Wildman–Crippen MR) is 71.4 cm³/mol. The highest BCUT2D eigenvalue weighted by molar-refractivity contribution is 5.97. The fraction of sp³-hybridized carbons (Fsp3) is 0.286. The molecule has 1 N–H and O–H groups in total. The summed E-state index contributed by atoms with van der Waals surface area (Å²) in [5.41, 5.74) is 1.28. The molecule has 0 saturated carbocycles. The van der Waals surface area contributed by atoms with Crippen molar-refractivity contribution in [2.45, 2.75) is 20.0 Å². The van der Waals surface area contributed by atoms with E-state index in [0.717, 1.165) is 24.6 Å². The lowest BCUT2D eigenvalue weighted by molar-refractivity contribution is 0.101. The van der Waals surface area contributed by atoms with Gasteiger partial charge in [0, 0.05) is 37.2 Å². The standard InChI is InChI=1S/C14H15N3O2/c1-10(18)12-3-2-11(8-13(12)19)17-7-6-16-5-4-15-14(16)9-17/h2-5,8,19H,6-7,9H2,1H3. The molecule has 0 bridgehead atoms. The van der Waals surface area contributed by atoms with Crippen LogP contribution >= 0.6 is 0 Å². The lowest BCUT2D eigenvalue weighted by Gasteiger charge is -2.29. The molecule has 0 saturated heterocycles. The van der Waals surface area contributed by atoms with Crippen LogP contribution in [0.4, 0.5) is 5.69 Å². The van der Waals surface area contributed by atoms with E-state index in [4.69, 9.17) is 0 Å². The fourth-order valence-corrected chi connectivity index (χ4v) is 2.41. The van der Waals surface area contributed by atoms with Gasteiger partial charge in [0.15, 0.2) is 5.78 Å². The number of rotatable bonds is 2. The number of hydrogen-bond donors (Lipinski definition) is 1. The molecule has 0 amide bonds. The van der Waals surface area contributed by atoms with Gasteiger partial charge >= 0.3 is 0 Å². The van der Waals surface area contributed by atoms with Crippen molar-refractivity contribution in [2.24, 2.45) is 0 Å². The Kier molecular flexibility index (Phi) is 2.74. The van der Waals surface area contributed by atoms with Crippen molar-refractivity contribution in [3.05, 3.63) is 42.0 Å². The number of imidazole rings is 1. The number of anilines is 1. The fourth-order valence-electron chi connectivity index (χ4n) is 2.41. The van der Waals surface area contributed by atoms with Gasteiger partial charge in [0.2, 0.25) is 0 Å². The van der Waals surface area contributed by atoms with Crippen molar-refractivity contribution in [1.29, 1.82) is 0 Å². The Morgan fingerprint density at radius 2 is 2.21 bits per heavy atom. The van der Waals surface area contributed by atoms with Crippen LogP contribution in [0.25, 0.3) is 0 Å². The zero-order chi connectivity index (χ0) is 13.4. The molecule has 0 radical (unpaired) electrons. The molecule has 1 aromatic carbocycles. The van der Waals surface area contributed by atoms with Gasteiger partial charge in [-0.2, -0.15) is 0 Å². The second-order valence-corrected chi connectivity index (χ2v) is 4.72. The molecule has 0 spiro atoms. The summed E-state index contributed by atoms with van der Waals surface area (Å²) < 4.78 is 2.13. The Hall–Kier alpha value is -2.30. The summed E-state index contributed by atoms with van der Waals surface area (Å²) in [6.45, 7) is 3.91. The highest BCUT2D eigenvalue weighted by Crippen LogP contribution is 2.27. The number of ketones is 1. The van der Waals surface area contributed by atoms with Crippen LogP contribution in [0.5, 0.6) is 5.75 Å². The Labute approximate surface area is 111 Å². The van der Waals surface area contributed by atoms with Crippen LogP contribution < -0.4 is 4.90 Å². The number of carbonyl (C=O) groups is 1. The zero-order valence-electron chi connectivity index (χ0n) is 10.7. The molecule has 2 aromatic rings. The summed E-state index contributed by atoms with van der Waals surface area (Å²) in [7, 11) is 0. The molecule has 5 heteroatoms. The number of hydrogen-bond acceptors (Lipinski definition) is 4. The molecule has 0 unspecified atom stereocenters. The van der Waals surface area contributed by atoms with Crippen LogP contribution in [0.3, 0.4) is 0 Å². The predicted octanol–water partition coefficient (Wildman–Crippen LogP) is 1.81. The normalized spacial score (nSPS) is 14.3. The summed E-state index contributed by atoms with van der Waals surface area (Å²) in [4.78, 5) is 17.7. The van der Waals surface area contributed by atoms with Crippen LogP contribution in [0.1, 0.15) is 23.1 Å². The maximum atomic E-state index is 11.3. The first-order valence-corrected chi connectivity index (χ1v) is 6.24. The summed E-state index contributed by atoms with van der Waals surface area (Å²) in [5, 5.41) is 9.88. The Morgan fingerprint density at radius 1 is 1.37 bits per heavy atom. The molecule has 2 heterocycles. The Balaban J connectivity index is 1.88. The maximum absolute atomic E-state index is 11.3. The van der Waals surface area contributed by atoms with Gasteiger partial charge in [-0.15, -0.1) is 0 Å². The van der Waals surface area contributed by atoms with Gasteiger partial charge in [-0.1, -0.05) is 0 Å². The van der Waals surface area contributed by atoms with Crippen molar-refractivity contribution in [3.63, 3.8) is 0 Å². The molecular weight excluding hydrogens is 242 g/mol. The van der Waals surface area contributed by atoms with E-state index in [0.29, 0.717) is 12.1 Å². The number of phenols is 1. The van der Waals surface area contributed by atoms with Crippen LogP contribution in [-0.2, 0) is 13.1 Å². The van der Waals surface area contributed by atoms with Crippen LogP contribution in [0.15, 0.2) is 30.6 Å². The van der Waals surface area contributed by atoms with Gasteiger partial charge in [-0.25, -0.2) is 4.98 Å². The molecule has 1 aromatic heterocycles. The Bertz CT molecular complexity index is 633. The third-order valence-electron chi connectivity index (χ3n) is 3.47. The highest BCUT2D eigenvalue weighted by atomic mass is 16.3. The molecule has 1 aliphatic heterocycles. The minimum atomic E-state index is -0.127. The van der Waals surface area contributed by atoms with Crippen molar-refractivity contribution in [2.75, 3.05) is 11.4 Å². The number of Topliss-reactive ketones (excluding diaryl/α,β-unsaturated/α-hetero) is 1. The van der Waals surface area contributed by atoms with Crippen molar-refractivity contribution >= 4 is 11.5 Å². The summed E-state index contributed by atoms with van der Waals surface area (Å²) in [6, 6.07) is 5.19. The monoisotopic (exact) mass is 257 g/mol. The molecule has 0 fully saturated rings. The third kappa shape index (κ3) is 2.07. The van der Waals surface area contributed by atoms with Crippen LogP contribution in [-0.4, -0.2) is 27.0 Å². The first-order valence-electron chi connectivity index (χ1n) is 6.24. The van der Waals surface area contributed by atoms with Gasteiger partial charge in [-0.3, -0.25) is 4.79 Å². The number of aromatic hydroxyl groups is 1. The quantitative estimate of drug-likeness (QED) is 0.834. The summed E-state index contributed by atoms with van der Waals surface area (Å²) in [5.74, 6) is 0.929. The minimum Gasteiger partial charge on any atom is -0.507 e. The van der Waals surface area contributed by atoms with E-state index in [9.17, 15) is 9.90 Å². The van der Waals surface area contributed by atoms with E-state index in [1.165, 1.54) is 6.92 Å². The molecule has 0 aliphatic carbocycles. The van der Waals surface area contributed by atoms with Gasteiger partial charge < -0.3 is 14.6 Å². The number of benzene rings is 1. The van der Waals surface area contributed by atoms with E-state index in [1.807, 2.05) is 12.3 Å². The van der Waals surface area contributed by atoms with Gasteiger partial charge in [0.1, 0.15) is 11.6 Å². The average Bonchev–Trinajstić information content (AvgIpc) is 2.85. The van der Waals surface area contributed by atoms with Crippen molar-refractivity contribution in [3.8, 4) is 5.75 Å². The van der Waals surface area contributed by atoms with E-state index in [-0.39, 0.29) is 11.5 Å². The zero-order valence-corrected chi connectivity index (χ0v) is 10.7. The molecule has 0 atom stereocenters. The second-order valence-electron chi connectivity index (χ2n) is 4.72. The molecule has 5 nitrogen and oxygen atoms in total. The third-order valence-corrected chi connectivity index (χ3v) is 3.47. The minimum absolute atomic E-state index is 0.0407.